The lowest BCUT2D eigenvalue weighted by molar-refractivity contribution is -0.386. The van der Waals surface area contributed by atoms with Crippen molar-refractivity contribution in [2.45, 2.75) is 37.0 Å². The van der Waals surface area contributed by atoms with Crippen molar-refractivity contribution in [3.63, 3.8) is 0 Å². The minimum atomic E-state index is -7.32. The number of carbonyl (C=O) groups excluding carboxylic acids is 1. The number of hydrogen-bond donors (Lipinski definition) is 0. The standard InChI is InChI=1S/C13H6F12O/c1-5-6(3-2-4-7(5)10(16,17)18)8(26)9(14,15)11(19,20)12(21,22)13(23,24)25/h2-4H,1H3. The molecular weight excluding hydrogens is 400 g/mol. The van der Waals surface area contributed by atoms with Gasteiger partial charge >= 0.3 is 30.1 Å². The molecule has 0 unspecified atom stereocenters. The van der Waals surface area contributed by atoms with E-state index in [9.17, 15) is 57.5 Å². The predicted molar refractivity (Wildman–Crippen MR) is 61.4 cm³/mol. The average molecular weight is 406 g/mol. The van der Waals surface area contributed by atoms with Gasteiger partial charge in [-0.2, -0.15) is 52.7 Å². The average Bonchev–Trinajstić information content (AvgIpc) is 2.43. The van der Waals surface area contributed by atoms with Gasteiger partial charge in [-0.25, -0.2) is 0 Å². The highest BCUT2D eigenvalue weighted by Gasteiger charge is 2.83. The number of rotatable bonds is 4. The summed E-state index contributed by atoms with van der Waals surface area (Å²) in [6, 6.07) is 0.772. The SMILES string of the molecule is Cc1c(C(=O)C(F)(F)C(F)(F)C(F)(F)C(F)(F)F)cccc1C(F)(F)F. The van der Waals surface area contributed by atoms with Crippen LogP contribution in [0, 0.1) is 6.92 Å². The second-order valence-corrected chi connectivity index (χ2v) is 5.03. The number of alkyl halides is 12. The maximum absolute atomic E-state index is 13.6. The van der Waals surface area contributed by atoms with Crippen LogP contribution in [-0.2, 0) is 6.18 Å². The minimum Gasteiger partial charge on any atom is -0.287 e. The first kappa shape index (κ1) is 22.1. The van der Waals surface area contributed by atoms with Gasteiger partial charge in [-0.1, -0.05) is 12.1 Å². The lowest BCUT2D eigenvalue weighted by atomic mass is 9.91. The quantitative estimate of drug-likeness (QED) is 0.466. The molecule has 0 radical (unpaired) electrons. The molecule has 0 aliphatic rings. The number of benzene rings is 1. The van der Waals surface area contributed by atoms with E-state index in [-0.39, 0.29) is 12.1 Å². The van der Waals surface area contributed by atoms with Gasteiger partial charge < -0.3 is 0 Å². The fourth-order valence-electron chi connectivity index (χ4n) is 1.88. The Hall–Kier alpha value is -1.95. The zero-order valence-electron chi connectivity index (χ0n) is 12.2. The molecule has 0 aromatic heterocycles. The van der Waals surface area contributed by atoms with E-state index in [1.165, 1.54) is 0 Å². The molecule has 1 aromatic rings. The van der Waals surface area contributed by atoms with Crippen LogP contribution >= 0.6 is 0 Å². The topological polar surface area (TPSA) is 17.1 Å². The molecule has 1 nitrogen and oxygen atoms in total. The smallest absolute Gasteiger partial charge is 0.287 e. The van der Waals surface area contributed by atoms with Crippen molar-refractivity contribution in [2.24, 2.45) is 0 Å². The second kappa shape index (κ2) is 6.05. The van der Waals surface area contributed by atoms with Crippen LogP contribution in [0.15, 0.2) is 18.2 Å². The molecule has 0 fully saturated rings. The Morgan fingerprint density at radius 2 is 1.23 bits per heavy atom. The molecule has 0 bridgehead atoms. The van der Waals surface area contributed by atoms with Crippen LogP contribution < -0.4 is 0 Å². The molecular formula is C13H6F12O. The first-order chi connectivity index (χ1) is 11.3. The molecule has 0 atom stereocenters. The van der Waals surface area contributed by atoms with Crippen molar-refractivity contribution in [3.8, 4) is 0 Å². The zero-order chi connectivity index (χ0) is 20.9. The van der Waals surface area contributed by atoms with Crippen molar-refractivity contribution in [1.82, 2.24) is 0 Å². The van der Waals surface area contributed by atoms with Crippen molar-refractivity contribution in [2.75, 3.05) is 0 Å². The normalized spacial score (nSPS) is 14.5. The van der Waals surface area contributed by atoms with Gasteiger partial charge in [0.25, 0.3) is 0 Å². The number of carbonyl (C=O) groups is 1. The molecule has 0 saturated heterocycles. The van der Waals surface area contributed by atoms with Gasteiger partial charge in [0.1, 0.15) is 0 Å². The molecule has 0 spiro atoms. The van der Waals surface area contributed by atoms with Gasteiger partial charge in [0.15, 0.2) is 0 Å². The third kappa shape index (κ3) is 3.22. The Kier molecular flexibility index (Phi) is 5.14. The van der Waals surface area contributed by atoms with Gasteiger partial charge in [0.2, 0.25) is 5.78 Å². The Morgan fingerprint density at radius 1 is 0.769 bits per heavy atom. The lowest BCUT2D eigenvalue weighted by Gasteiger charge is -2.33. The van der Waals surface area contributed by atoms with Crippen molar-refractivity contribution >= 4 is 5.78 Å². The van der Waals surface area contributed by atoms with Crippen molar-refractivity contribution < 1.29 is 57.5 Å². The summed E-state index contributed by atoms with van der Waals surface area (Å²) in [7, 11) is 0. The molecule has 0 aliphatic heterocycles. The van der Waals surface area contributed by atoms with E-state index in [1.54, 1.807) is 0 Å². The summed E-state index contributed by atoms with van der Waals surface area (Å²) in [4.78, 5) is 11.5. The number of halogens is 12. The van der Waals surface area contributed by atoms with Gasteiger partial charge in [-0.05, 0) is 18.6 Å². The van der Waals surface area contributed by atoms with Crippen LogP contribution in [0.25, 0.3) is 0 Å². The highest BCUT2D eigenvalue weighted by molar-refractivity contribution is 6.03. The molecule has 1 rings (SSSR count). The first-order valence-electron chi connectivity index (χ1n) is 6.22. The highest BCUT2D eigenvalue weighted by atomic mass is 19.4. The van der Waals surface area contributed by atoms with E-state index >= 15 is 0 Å². The van der Waals surface area contributed by atoms with E-state index in [0.29, 0.717) is 13.0 Å². The van der Waals surface area contributed by atoms with Crippen LogP contribution in [-0.4, -0.2) is 29.7 Å². The second-order valence-electron chi connectivity index (χ2n) is 5.03. The van der Waals surface area contributed by atoms with Crippen LogP contribution in [0.3, 0.4) is 0 Å². The fraction of sp³-hybridized carbons (Fsp3) is 0.462. The number of ketones is 1. The maximum Gasteiger partial charge on any atom is 0.460 e. The third-order valence-corrected chi connectivity index (χ3v) is 3.31. The van der Waals surface area contributed by atoms with Gasteiger partial charge in [-0.3, -0.25) is 4.79 Å². The molecule has 0 aliphatic carbocycles. The van der Waals surface area contributed by atoms with Crippen LogP contribution in [0.1, 0.15) is 21.5 Å². The minimum absolute atomic E-state index is 0.169. The third-order valence-electron chi connectivity index (χ3n) is 3.31. The Bertz CT molecular complexity index is 698. The van der Waals surface area contributed by atoms with E-state index in [0.717, 1.165) is 0 Å². The number of hydrogen-bond acceptors (Lipinski definition) is 1. The van der Waals surface area contributed by atoms with Gasteiger partial charge in [-0.15, -0.1) is 0 Å². The van der Waals surface area contributed by atoms with Crippen LogP contribution in [0.5, 0.6) is 0 Å². The van der Waals surface area contributed by atoms with E-state index < -0.39 is 52.6 Å². The molecule has 13 heteroatoms. The Balaban J connectivity index is 3.54. The summed E-state index contributed by atoms with van der Waals surface area (Å²) in [5, 5.41) is 0. The number of Topliss-reactive ketones (excluding diaryl/α,β-unsaturated/α-hetero) is 1. The molecule has 0 N–H and O–H groups in total. The Morgan fingerprint density at radius 3 is 1.62 bits per heavy atom. The summed E-state index contributed by atoms with van der Waals surface area (Å²) in [5.41, 5.74) is -4.84. The molecule has 0 heterocycles. The zero-order valence-corrected chi connectivity index (χ0v) is 12.2. The molecule has 148 valence electrons. The van der Waals surface area contributed by atoms with E-state index in [4.69, 9.17) is 0 Å². The molecule has 0 saturated carbocycles. The lowest BCUT2D eigenvalue weighted by Crippen LogP contribution is -2.63. The summed E-state index contributed by atoms with van der Waals surface area (Å²) in [5.74, 6) is -24.5. The van der Waals surface area contributed by atoms with Crippen molar-refractivity contribution in [1.29, 1.82) is 0 Å². The van der Waals surface area contributed by atoms with E-state index in [1.807, 2.05) is 0 Å². The fourth-order valence-corrected chi connectivity index (χ4v) is 1.88. The molecule has 1 aromatic carbocycles. The Labute approximate surface area is 136 Å². The van der Waals surface area contributed by atoms with Crippen LogP contribution in [0.2, 0.25) is 0 Å². The maximum atomic E-state index is 13.6. The van der Waals surface area contributed by atoms with E-state index in [2.05, 4.69) is 0 Å². The summed E-state index contributed by atoms with van der Waals surface area (Å²) in [6.07, 6.45) is -12.4. The first-order valence-corrected chi connectivity index (χ1v) is 6.22. The highest BCUT2D eigenvalue weighted by Crippen LogP contribution is 2.54. The summed E-state index contributed by atoms with van der Waals surface area (Å²) in [6.45, 7) is 0.395. The van der Waals surface area contributed by atoms with Crippen LogP contribution in [0.4, 0.5) is 52.7 Å². The largest absolute Gasteiger partial charge is 0.460 e. The molecule has 0 amide bonds. The van der Waals surface area contributed by atoms with Crippen molar-refractivity contribution in [3.05, 3.63) is 34.9 Å². The van der Waals surface area contributed by atoms with Gasteiger partial charge in [0.05, 0.1) is 5.56 Å². The summed E-state index contributed by atoms with van der Waals surface area (Å²) < 4.78 is 153. The van der Waals surface area contributed by atoms with Gasteiger partial charge in [0, 0.05) is 5.56 Å². The summed E-state index contributed by atoms with van der Waals surface area (Å²) >= 11 is 0. The predicted octanol–water partition coefficient (Wildman–Crippen LogP) is 5.66. The monoisotopic (exact) mass is 406 g/mol. The molecule has 26 heavy (non-hydrogen) atoms.